The van der Waals surface area contributed by atoms with Gasteiger partial charge in [-0.15, -0.1) is 0 Å². The van der Waals surface area contributed by atoms with E-state index in [0.29, 0.717) is 22.3 Å². The summed E-state index contributed by atoms with van der Waals surface area (Å²) in [5.74, 6) is -0.0644. The lowest BCUT2D eigenvalue weighted by atomic mass is 9.99. The molecule has 1 unspecified atom stereocenters. The number of fused-ring (bicyclic) bond motifs is 1. The summed E-state index contributed by atoms with van der Waals surface area (Å²) in [5, 5.41) is 4.17. The normalized spacial score (nSPS) is 12.7. The minimum atomic E-state index is -0.298. The summed E-state index contributed by atoms with van der Waals surface area (Å²) in [6.07, 6.45) is 0.878. The third-order valence-corrected chi connectivity index (χ3v) is 3.68. The number of hydrogen-bond donors (Lipinski definition) is 1. The average Bonchev–Trinajstić information content (AvgIpc) is 2.45. The second-order valence-corrected chi connectivity index (χ2v) is 5.37. The minimum Gasteiger partial charge on any atom is -0.349 e. The molecule has 0 bridgehead atoms. The molecule has 20 heavy (non-hydrogen) atoms. The lowest BCUT2D eigenvalue weighted by Crippen LogP contribution is -2.38. The van der Waals surface area contributed by atoms with Crippen molar-refractivity contribution >= 4 is 16.7 Å². The van der Waals surface area contributed by atoms with Crippen LogP contribution in [0.3, 0.4) is 0 Å². The molecule has 0 aromatic heterocycles. The summed E-state index contributed by atoms with van der Waals surface area (Å²) in [5.41, 5.74) is 0.529. The lowest BCUT2D eigenvalue weighted by Gasteiger charge is -2.21. The second-order valence-electron chi connectivity index (χ2n) is 5.37. The van der Waals surface area contributed by atoms with Crippen LogP contribution in [-0.4, -0.2) is 11.9 Å². The van der Waals surface area contributed by atoms with Gasteiger partial charge in [0.05, 0.1) is 0 Å². The van der Waals surface area contributed by atoms with Crippen molar-refractivity contribution in [2.24, 2.45) is 5.92 Å². The molecular weight excluding hydrogens is 253 g/mol. The quantitative estimate of drug-likeness (QED) is 0.891. The van der Waals surface area contributed by atoms with Crippen LogP contribution in [0.5, 0.6) is 0 Å². The molecule has 2 rings (SSSR count). The van der Waals surface area contributed by atoms with Crippen LogP contribution in [0.2, 0.25) is 0 Å². The van der Waals surface area contributed by atoms with E-state index in [4.69, 9.17) is 0 Å². The van der Waals surface area contributed by atoms with E-state index in [-0.39, 0.29) is 17.8 Å². The molecular formula is C17H20FNO. The molecule has 106 valence electrons. The fraction of sp³-hybridized carbons (Fsp3) is 0.353. The van der Waals surface area contributed by atoms with E-state index in [1.54, 1.807) is 24.3 Å². The largest absolute Gasteiger partial charge is 0.349 e. The van der Waals surface area contributed by atoms with E-state index in [1.807, 2.05) is 13.0 Å². The first-order valence-electron chi connectivity index (χ1n) is 7.02. The third-order valence-electron chi connectivity index (χ3n) is 3.68. The van der Waals surface area contributed by atoms with Crippen LogP contribution in [0.15, 0.2) is 36.4 Å². The van der Waals surface area contributed by atoms with Crippen molar-refractivity contribution in [1.82, 2.24) is 5.32 Å². The number of halogens is 1. The predicted octanol–water partition coefficient (Wildman–Crippen LogP) is 4.14. The fourth-order valence-corrected chi connectivity index (χ4v) is 2.45. The Morgan fingerprint density at radius 1 is 1.15 bits per heavy atom. The highest BCUT2D eigenvalue weighted by Gasteiger charge is 2.17. The van der Waals surface area contributed by atoms with Gasteiger partial charge in [0, 0.05) is 17.0 Å². The molecule has 2 aromatic rings. The Balaban J connectivity index is 2.38. The summed E-state index contributed by atoms with van der Waals surface area (Å²) >= 11 is 0. The van der Waals surface area contributed by atoms with E-state index in [9.17, 15) is 9.18 Å². The molecule has 0 aliphatic heterocycles. The maximum atomic E-state index is 13.8. The summed E-state index contributed by atoms with van der Waals surface area (Å²) in [4.78, 5) is 12.4. The van der Waals surface area contributed by atoms with Crippen LogP contribution in [0.1, 0.15) is 37.6 Å². The average molecular weight is 273 g/mol. The highest BCUT2D eigenvalue weighted by molar-refractivity contribution is 6.07. The molecule has 0 radical (unpaired) electrons. The van der Waals surface area contributed by atoms with Gasteiger partial charge in [0.15, 0.2) is 0 Å². The van der Waals surface area contributed by atoms with E-state index >= 15 is 0 Å². The molecule has 0 saturated heterocycles. The second kappa shape index (κ2) is 6.04. The van der Waals surface area contributed by atoms with Gasteiger partial charge in [0.1, 0.15) is 5.82 Å². The number of nitrogens with one attached hydrogen (secondary N) is 1. The van der Waals surface area contributed by atoms with Crippen molar-refractivity contribution in [3.05, 3.63) is 47.8 Å². The molecule has 0 aliphatic rings. The fourth-order valence-electron chi connectivity index (χ4n) is 2.45. The summed E-state index contributed by atoms with van der Waals surface area (Å²) < 4.78 is 13.8. The number of carbonyl (C=O) groups is 1. The third kappa shape index (κ3) is 2.82. The van der Waals surface area contributed by atoms with Gasteiger partial charge < -0.3 is 5.32 Å². The van der Waals surface area contributed by atoms with Crippen molar-refractivity contribution in [1.29, 1.82) is 0 Å². The standard InChI is InChI=1S/C17H20FNO/c1-4-16(11(2)3)19-17(20)14-9-10-15(18)13-8-6-5-7-12(13)14/h5-11,16H,4H2,1-3H3,(H,19,20). The molecule has 0 heterocycles. The Kier molecular flexibility index (Phi) is 4.38. The molecule has 0 saturated carbocycles. The summed E-state index contributed by atoms with van der Waals surface area (Å²) in [7, 11) is 0. The Morgan fingerprint density at radius 2 is 1.80 bits per heavy atom. The van der Waals surface area contributed by atoms with Gasteiger partial charge in [-0.2, -0.15) is 0 Å². The van der Waals surface area contributed by atoms with Crippen molar-refractivity contribution < 1.29 is 9.18 Å². The Bertz CT molecular complexity index is 621. The maximum absolute atomic E-state index is 13.8. The highest BCUT2D eigenvalue weighted by atomic mass is 19.1. The van der Waals surface area contributed by atoms with Gasteiger partial charge in [0.2, 0.25) is 0 Å². The van der Waals surface area contributed by atoms with Crippen molar-refractivity contribution in [3.8, 4) is 0 Å². The van der Waals surface area contributed by atoms with Gasteiger partial charge in [-0.1, -0.05) is 45.0 Å². The molecule has 1 N–H and O–H groups in total. The molecule has 2 nitrogen and oxygen atoms in total. The number of amides is 1. The molecule has 2 aromatic carbocycles. The summed E-state index contributed by atoms with van der Waals surface area (Å²) in [6.45, 7) is 6.21. The van der Waals surface area contributed by atoms with E-state index in [0.717, 1.165) is 6.42 Å². The van der Waals surface area contributed by atoms with E-state index < -0.39 is 0 Å². The number of hydrogen-bond acceptors (Lipinski definition) is 1. The first-order valence-corrected chi connectivity index (χ1v) is 7.02. The number of benzene rings is 2. The predicted molar refractivity (Wildman–Crippen MR) is 80.3 cm³/mol. The van der Waals surface area contributed by atoms with Crippen LogP contribution < -0.4 is 5.32 Å². The maximum Gasteiger partial charge on any atom is 0.252 e. The topological polar surface area (TPSA) is 29.1 Å². The van der Waals surface area contributed by atoms with Gasteiger partial charge in [0.25, 0.3) is 5.91 Å². The van der Waals surface area contributed by atoms with Gasteiger partial charge in [-0.05, 0) is 29.9 Å². The minimum absolute atomic E-state index is 0.131. The molecule has 3 heteroatoms. The first kappa shape index (κ1) is 14.5. The summed E-state index contributed by atoms with van der Waals surface area (Å²) in [6, 6.07) is 10.1. The van der Waals surface area contributed by atoms with Gasteiger partial charge in [-0.25, -0.2) is 4.39 Å². The van der Waals surface area contributed by atoms with E-state index in [1.165, 1.54) is 6.07 Å². The Hall–Kier alpha value is -1.90. The van der Waals surface area contributed by atoms with Crippen LogP contribution in [0, 0.1) is 11.7 Å². The van der Waals surface area contributed by atoms with Crippen LogP contribution in [0.4, 0.5) is 4.39 Å². The lowest BCUT2D eigenvalue weighted by molar-refractivity contribution is 0.0926. The molecule has 0 fully saturated rings. The number of rotatable bonds is 4. The van der Waals surface area contributed by atoms with Crippen molar-refractivity contribution in [2.45, 2.75) is 33.2 Å². The molecule has 1 atom stereocenters. The van der Waals surface area contributed by atoms with Gasteiger partial charge >= 0.3 is 0 Å². The van der Waals surface area contributed by atoms with Crippen LogP contribution >= 0.6 is 0 Å². The Morgan fingerprint density at radius 3 is 2.40 bits per heavy atom. The zero-order chi connectivity index (χ0) is 14.7. The number of carbonyl (C=O) groups excluding carboxylic acids is 1. The molecule has 0 aliphatic carbocycles. The van der Waals surface area contributed by atoms with Crippen LogP contribution in [-0.2, 0) is 0 Å². The van der Waals surface area contributed by atoms with Crippen molar-refractivity contribution in [2.75, 3.05) is 0 Å². The molecule has 1 amide bonds. The monoisotopic (exact) mass is 273 g/mol. The Labute approximate surface area is 119 Å². The molecule has 0 spiro atoms. The van der Waals surface area contributed by atoms with Crippen molar-refractivity contribution in [3.63, 3.8) is 0 Å². The first-order chi connectivity index (χ1) is 9.54. The van der Waals surface area contributed by atoms with Gasteiger partial charge in [-0.3, -0.25) is 4.79 Å². The zero-order valence-electron chi connectivity index (χ0n) is 12.1. The highest BCUT2D eigenvalue weighted by Crippen LogP contribution is 2.22. The SMILES string of the molecule is CCC(NC(=O)c1ccc(F)c2ccccc12)C(C)C. The van der Waals surface area contributed by atoms with E-state index in [2.05, 4.69) is 19.2 Å². The zero-order valence-corrected chi connectivity index (χ0v) is 12.1. The smallest absolute Gasteiger partial charge is 0.252 e. The van der Waals surface area contributed by atoms with Crippen LogP contribution in [0.25, 0.3) is 10.8 Å².